The molecule has 0 saturated heterocycles. The topological polar surface area (TPSA) is 14.1 Å². The van der Waals surface area contributed by atoms with Crippen molar-refractivity contribution in [2.45, 2.75) is 6.92 Å². The van der Waals surface area contributed by atoms with Gasteiger partial charge in [-0.15, -0.1) is 12.2 Å². The predicted molar refractivity (Wildman–Crippen MR) is 40.0 cm³/mol. The van der Waals surface area contributed by atoms with Crippen molar-refractivity contribution in [3.63, 3.8) is 0 Å². The zero-order chi connectivity index (χ0) is 6.53. The summed E-state index contributed by atoms with van der Waals surface area (Å²) in [5.74, 6) is 0. The van der Waals surface area contributed by atoms with E-state index in [1.54, 1.807) is 0 Å². The molecule has 1 rings (SSSR count). The van der Waals surface area contributed by atoms with Crippen LogP contribution in [0.2, 0.25) is 0 Å². The van der Waals surface area contributed by atoms with Crippen LogP contribution in [0, 0.1) is 0 Å². The van der Waals surface area contributed by atoms with E-state index in [9.17, 15) is 0 Å². The zero-order valence-electron chi connectivity index (χ0n) is 6.54. The van der Waals surface area contributed by atoms with E-state index in [4.69, 9.17) is 0 Å². The number of benzene rings is 1. The third-order valence-electron chi connectivity index (χ3n) is 1.10. The standard InChI is InChI=1S/C8H10N.Na/c1-2-9-8-6-4-3-5-7-8;/h3-7H,2H2,1H3;/q-1;+1. The maximum absolute atomic E-state index is 4.21. The van der Waals surface area contributed by atoms with Gasteiger partial charge in [-0.05, 0) is 0 Å². The molecule has 0 heterocycles. The largest absolute Gasteiger partial charge is 1.00 e. The molecule has 0 aliphatic rings. The summed E-state index contributed by atoms with van der Waals surface area (Å²) < 4.78 is 0. The first-order valence-electron chi connectivity index (χ1n) is 3.16. The zero-order valence-corrected chi connectivity index (χ0v) is 8.54. The van der Waals surface area contributed by atoms with Gasteiger partial charge < -0.3 is 5.32 Å². The van der Waals surface area contributed by atoms with E-state index in [-0.39, 0.29) is 29.6 Å². The van der Waals surface area contributed by atoms with Crippen LogP contribution in [0.25, 0.3) is 5.32 Å². The Balaban J connectivity index is 0.000000810. The average molecular weight is 143 g/mol. The third kappa shape index (κ3) is 3.25. The molecule has 0 unspecified atom stereocenters. The van der Waals surface area contributed by atoms with Crippen LogP contribution in [0.15, 0.2) is 30.3 Å². The van der Waals surface area contributed by atoms with Crippen molar-refractivity contribution < 1.29 is 29.6 Å². The molecular formula is C8H10NNa. The van der Waals surface area contributed by atoms with Crippen LogP contribution in [-0.2, 0) is 0 Å². The molecule has 0 bridgehead atoms. The van der Waals surface area contributed by atoms with Crippen LogP contribution in [0.1, 0.15) is 6.92 Å². The van der Waals surface area contributed by atoms with Crippen LogP contribution < -0.4 is 29.6 Å². The Bertz CT molecular complexity index is 162. The molecule has 0 aliphatic heterocycles. The predicted octanol–water partition coefficient (Wildman–Crippen LogP) is -0.284. The Kier molecular flexibility index (Phi) is 5.79. The van der Waals surface area contributed by atoms with Gasteiger partial charge in [-0.1, -0.05) is 37.3 Å². The van der Waals surface area contributed by atoms with E-state index in [1.165, 1.54) is 0 Å². The van der Waals surface area contributed by atoms with Crippen LogP contribution >= 0.6 is 0 Å². The van der Waals surface area contributed by atoms with Crippen molar-refractivity contribution in [2.75, 3.05) is 6.54 Å². The molecule has 0 atom stereocenters. The summed E-state index contributed by atoms with van der Waals surface area (Å²) in [6, 6.07) is 9.99. The minimum Gasteiger partial charge on any atom is -0.685 e. The normalized spacial score (nSPS) is 8.10. The molecule has 0 spiro atoms. The van der Waals surface area contributed by atoms with Gasteiger partial charge in [-0.3, -0.25) is 0 Å². The maximum Gasteiger partial charge on any atom is 1.00 e. The molecule has 0 saturated carbocycles. The van der Waals surface area contributed by atoms with Crippen LogP contribution in [0.4, 0.5) is 5.69 Å². The number of hydrogen-bond donors (Lipinski definition) is 0. The molecule has 1 nitrogen and oxygen atoms in total. The molecule has 0 fully saturated rings. The van der Waals surface area contributed by atoms with Crippen LogP contribution in [0.3, 0.4) is 0 Å². The van der Waals surface area contributed by atoms with Gasteiger partial charge in [0.1, 0.15) is 0 Å². The summed E-state index contributed by atoms with van der Waals surface area (Å²) >= 11 is 0. The first kappa shape index (κ1) is 10.0. The minimum atomic E-state index is 0. The molecule has 48 valence electrons. The summed E-state index contributed by atoms with van der Waals surface area (Å²) in [5, 5.41) is 4.21. The molecule has 0 aliphatic carbocycles. The minimum absolute atomic E-state index is 0. The van der Waals surface area contributed by atoms with Gasteiger partial charge in [0, 0.05) is 0 Å². The van der Waals surface area contributed by atoms with Gasteiger partial charge in [-0.2, -0.15) is 0 Å². The van der Waals surface area contributed by atoms with Crippen molar-refractivity contribution in [1.29, 1.82) is 0 Å². The Morgan fingerprint density at radius 3 is 2.30 bits per heavy atom. The molecule has 0 aromatic heterocycles. The van der Waals surface area contributed by atoms with Gasteiger partial charge in [0.15, 0.2) is 0 Å². The van der Waals surface area contributed by atoms with E-state index in [2.05, 4.69) is 5.32 Å². The second-order valence-electron chi connectivity index (χ2n) is 1.81. The Morgan fingerprint density at radius 2 is 1.80 bits per heavy atom. The summed E-state index contributed by atoms with van der Waals surface area (Å²) in [5.41, 5.74) is 1.07. The van der Waals surface area contributed by atoms with Crippen LogP contribution in [0.5, 0.6) is 0 Å². The molecule has 2 heteroatoms. The fourth-order valence-electron chi connectivity index (χ4n) is 0.716. The van der Waals surface area contributed by atoms with Crippen LogP contribution in [-0.4, -0.2) is 6.54 Å². The molecule has 0 amide bonds. The van der Waals surface area contributed by atoms with E-state index < -0.39 is 0 Å². The molecule has 0 radical (unpaired) electrons. The summed E-state index contributed by atoms with van der Waals surface area (Å²) in [4.78, 5) is 0. The SMILES string of the molecule is CC[N-]c1ccccc1.[Na+]. The molecule has 1 aromatic carbocycles. The van der Waals surface area contributed by atoms with Crippen molar-refractivity contribution >= 4 is 5.69 Å². The summed E-state index contributed by atoms with van der Waals surface area (Å²) in [6.45, 7) is 2.90. The number of para-hydroxylation sites is 1. The van der Waals surface area contributed by atoms with Crippen molar-refractivity contribution in [2.24, 2.45) is 0 Å². The van der Waals surface area contributed by atoms with Gasteiger partial charge in [-0.25, -0.2) is 0 Å². The number of rotatable bonds is 2. The van der Waals surface area contributed by atoms with E-state index in [0.717, 1.165) is 12.2 Å². The third-order valence-corrected chi connectivity index (χ3v) is 1.10. The van der Waals surface area contributed by atoms with Gasteiger partial charge in [0.25, 0.3) is 0 Å². The Hall–Kier alpha value is 0.0200. The second kappa shape index (κ2) is 5.78. The number of hydrogen-bond acceptors (Lipinski definition) is 0. The average Bonchev–Trinajstić information content (AvgIpc) is 1.91. The molecular weight excluding hydrogens is 133 g/mol. The second-order valence-corrected chi connectivity index (χ2v) is 1.81. The first-order chi connectivity index (χ1) is 4.43. The smallest absolute Gasteiger partial charge is 0.685 e. The first-order valence-corrected chi connectivity index (χ1v) is 3.16. The van der Waals surface area contributed by atoms with Crippen molar-refractivity contribution in [3.05, 3.63) is 35.6 Å². The summed E-state index contributed by atoms with van der Waals surface area (Å²) in [6.07, 6.45) is 0. The molecule has 10 heavy (non-hydrogen) atoms. The fraction of sp³-hybridized carbons (Fsp3) is 0.250. The quantitative estimate of drug-likeness (QED) is 0.505. The Morgan fingerprint density at radius 1 is 1.20 bits per heavy atom. The van der Waals surface area contributed by atoms with E-state index >= 15 is 0 Å². The summed E-state index contributed by atoms with van der Waals surface area (Å²) in [7, 11) is 0. The monoisotopic (exact) mass is 143 g/mol. The molecule has 1 aromatic rings. The maximum atomic E-state index is 4.21. The van der Waals surface area contributed by atoms with Crippen molar-refractivity contribution in [1.82, 2.24) is 0 Å². The Labute approximate surface area is 84.1 Å². The van der Waals surface area contributed by atoms with E-state index in [1.807, 2.05) is 37.3 Å². The van der Waals surface area contributed by atoms with E-state index in [0.29, 0.717) is 0 Å². The van der Waals surface area contributed by atoms with Gasteiger partial charge in [0.05, 0.1) is 0 Å². The molecule has 0 N–H and O–H groups in total. The fourth-order valence-corrected chi connectivity index (χ4v) is 0.716. The van der Waals surface area contributed by atoms with Gasteiger partial charge in [0.2, 0.25) is 0 Å². The van der Waals surface area contributed by atoms with Crippen molar-refractivity contribution in [3.8, 4) is 0 Å². The van der Waals surface area contributed by atoms with Gasteiger partial charge >= 0.3 is 29.6 Å². The number of nitrogens with zero attached hydrogens (tertiary/aromatic N) is 1.